The topological polar surface area (TPSA) is 44.8 Å². The Morgan fingerprint density at radius 2 is 2.09 bits per heavy atom. The monoisotopic (exact) mass is 161 g/mol. The lowest BCUT2D eigenvalue weighted by Crippen LogP contribution is -2.24. The second-order valence-electron chi connectivity index (χ2n) is 2.67. The molecule has 0 aromatic carbocycles. The molecule has 65 valence electrons. The molecular formula is C7H13O4. The zero-order valence-corrected chi connectivity index (χ0v) is 7.05. The maximum atomic E-state index is 10.3. The summed E-state index contributed by atoms with van der Waals surface area (Å²) in [5.41, 5.74) is -0.478. The van der Waals surface area contributed by atoms with Gasteiger partial charge in [-0.15, -0.1) is 0 Å². The van der Waals surface area contributed by atoms with Crippen LogP contribution in [-0.4, -0.2) is 11.8 Å². The van der Waals surface area contributed by atoms with E-state index in [1.807, 2.05) is 6.92 Å². The second kappa shape index (κ2) is 4.18. The van der Waals surface area contributed by atoms with E-state index >= 15 is 0 Å². The van der Waals surface area contributed by atoms with E-state index in [0.29, 0.717) is 0 Å². The van der Waals surface area contributed by atoms with Crippen LogP contribution in [0.4, 0.5) is 4.79 Å². The van der Waals surface area contributed by atoms with E-state index in [4.69, 9.17) is 4.89 Å². The van der Waals surface area contributed by atoms with Crippen LogP contribution >= 0.6 is 0 Å². The molecule has 0 saturated heterocycles. The van der Waals surface area contributed by atoms with Crippen molar-refractivity contribution in [3.8, 4) is 0 Å². The first-order valence-corrected chi connectivity index (χ1v) is 3.33. The van der Waals surface area contributed by atoms with Crippen molar-refractivity contribution in [2.45, 2.75) is 32.8 Å². The molecule has 11 heavy (non-hydrogen) atoms. The molecule has 0 fully saturated rings. The van der Waals surface area contributed by atoms with Gasteiger partial charge in [-0.05, 0) is 20.3 Å². The van der Waals surface area contributed by atoms with Crippen LogP contribution in [0.3, 0.4) is 0 Å². The third-order valence-corrected chi connectivity index (χ3v) is 1.30. The first-order valence-electron chi connectivity index (χ1n) is 3.33. The highest BCUT2D eigenvalue weighted by Crippen LogP contribution is 2.13. The lowest BCUT2D eigenvalue weighted by atomic mass is 10.1. The number of hydrogen-bond acceptors (Lipinski definition) is 4. The second-order valence-corrected chi connectivity index (χ2v) is 2.67. The maximum absolute atomic E-state index is 10.3. The van der Waals surface area contributed by atoms with Gasteiger partial charge in [0.1, 0.15) is 12.7 Å². The average Bonchev–Trinajstić information content (AvgIpc) is 2.00. The SMILES string of the molecule is [CH2]OC(=O)OOC(C)(C)CC. The van der Waals surface area contributed by atoms with Gasteiger partial charge in [-0.2, -0.15) is 4.89 Å². The van der Waals surface area contributed by atoms with Gasteiger partial charge < -0.3 is 4.74 Å². The molecule has 0 rings (SSSR count). The Balaban J connectivity index is 3.61. The van der Waals surface area contributed by atoms with Crippen molar-refractivity contribution in [1.29, 1.82) is 0 Å². The fourth-order valence-corrected chi connectivity index (χ4v) is 0.230. The van der Waals surface area contributed by atoms with Crippen molar-refractivity contribution in [3.63, 3.8) is 0 Å². The van der Waals surface area contributed by atoms with Crippen molar-refractivity contribution in [2.24, 2.45) is 0 Å². The summed E-state index contributed by atoms with van der Waals surface area (Å²) in [4.78, 5) is 19.3. The summed E-state index contributed by atoms with van der Waals surface area (Å²) < 4.78 is 3.95. The Morgan fingerprint density at radius 1 is 1.55 bits per heavy atom. The zero-order valence-electron chi connectivity index (χ0n) is 7.05. The van der Waals surface area contributed by atoms with Crippen molar-refractivity contribution in [1.82, 2.24) is 0 Å². The smallest absolute Gasteiger partial charge is 0.429 e. The van der Waals surface area contributed by atoms with Gasteiger partial charge in [0.15, 0.2) is 0 Å². The van der Waals surface area contributed by atoms with Crippen molar-refractivity contribution < 1.29 is 19.3 Å². The van der Waals surface area contributed by atoms with Gasteiger partial charge in [0, 0.05) is 0 Å². The highest BCUT2D eigenvalue weighted by molar-refractivity contribution is 5.59. The van der Waals surface area contributed by atoms with Crippen LogP contribution in [0.5, 0.6) is 0 Å². The van der Waals surface area contributed by atoms with Crippen LogP contribution in [0.25, 0.3) is 0 Å². The molecule has 0 aliphatic rings. The fraction of sp³-hybridized carbons (Fsp3) is 0.714. The molecule has 0 heterocycles. The predicted octanol–water partition coefficient (Wildman–Crippen LogP) is 2.05. The normalized spacial score (nSPS) is 10.9. The molecule has 0 N–H and O–H groups in total. The van der Waals surface area contributed by atoms with E-state index in [9.17, 15) is 4.79 Å². The molecule has 0 bridgehead atoms. The lowest BCUT2D eigenvalue weighted by molar-refractivity contribution is -0.315. The van der Waals surface area contributed by atoms with E-state index in [1.165, 1.54) is 0 Å². The largest absolute Gasteiger partial charge is 0.540 e. The van der Waals surface area contributed by atoms with E-state index in [1.54, 1.807) is 13.8 Å². The van der Waals surface area contributed by atoms with E-state index in [0.717, 1.165) is 6.42 Å². The quantitative estimate of drug-likeness (QED) is 0.361. The Kier molecular flexibility index (Phi) is 3.89. The number of hydrogen-bond donors (Lipinski definition) is 0. The van der Waals surface area contributed by atoms with Crippen molar-refractivity contribution >= 4 is 6.16 Å². The van der Waals surface area contributed by atoms with Gasteiger partial charge in [-0.25, -0.2) is 4.79 Å². The van der Waals surface area contributed by atoms with Gasteiger partial charge in [-0.1, -0.05) is 6.92 Å². The molecular weight excluding hydrogens is 148 g/mol. The molecule has 0 aliphatic carbocycles. The summed E-state index contributed by atoms with van der Waals surface area (Å²) in [5, 5.41) is 0. The fourth-order valence-electron chi connectivity index (χ4n) is 0.230. The highest BCUT2D eigenvalue weighted by atomic mass is 17.2. The minimum atomic E-state index is -0.938. The Morgan fingerprint density at radius 3 is 2.45 bits per heavy atom. The molecule has 4 heteroatoms. The summed E-state index contributed by atoms with van der Waals surface area (Å²) in [6.45, 7) is 5.51. The molecule has 0 aliphatic heterocycles. The van der Waals surface area contributed by atoms with Crippen LogP contribution in [-0.2, 0) is 14.5 Å². The average molecular weight is 161 g/mol. The predicted molar refractivity (Wildman–Crippen MR) is 38.4 cm³/mol. The molecule has 0 aromatic rings. The van der Waals surface area contributed by atoms with Crippen LogP contribution in [0, 0.1) is 7.11 Å². The Labute approximate surface area is 66.4 Å². The number of carbonyl (C=O) groups is 1. The maximum Gasteiger partial charge on any atom is 0.540 e. The van der Waals surface area contributed by atoms with Crippen LogP contribution in [0.1, 0.15) is 27.2 Å². The van der Waals surface area contributed by atoms with Crippen molar-refractivity contribution in [3.05, 3.63) is 7.11 Å². The summed E-state index contributed by atoms with van der Waals surface area (Å²) in [6, 6.07) is 0. The summed E-state index contributed by atoms with van der Waals surface area (Å²) in [7, 11) is 2.86. The summed E-state index contributed by atoms with van der Waals surface area (Å²) >= 11 is 0. The molecule has 0 saturated carbocycles. The van der Waals surface area contributed by atoms with Gasteiger partial charge in [0.2, 0.25) is 0 Å². The van der Waals surface area contributed by atoms with Gasteiger partial charge in [0.05, 0.1) is 0 Å². The number of ether oxygens (including phenoxy) is 1. The van der Waals surface area contributed by atoms with Crippen LogP contribution < -0.4 is 0 Å². The van der Waals surface area contributed by atoms with Crippen LogP contribution in [0.2, 0.25) is 0 Å². The Bertz CT molecular complexity index is 130. The molecule has 0 amide bonds. The molecule has 1 radical (unpaired) electrons. The lowest BCUT2D eigenvalue weighted by Gasteiger charge is -2.19. The third kappa shape index (κ3) is 4.61. The standard InChI is InChI=1S/C7H13O4/c1-5-7(2,3)11-10-6(8)9-4/h4-5H2,1-3H3. The summed E-state index contributed by atoms with van der Waals surface area (Å²) in [6.07, 6.45) is -0.205. The summed E-state index contributed by atoms with van der Waals surface area (Å²) in [5.74, 6) is 0. The first kappa shape index (κ1) is 10.2. The zero-order chi connectivity index (χ0) is 8.91. The highest BCUT2D eigenvalue weighted by Gasteiger charge is 2.19. The minimum Gasteiger partial charge on any atom is -0.429 e. The van der Waals surface area contributed by atoms with Crippen LogP contribution in [0.15, 0.2) is 0 Å². The molecule has 0 aromatic heterocycles. The number of carbonyl (C=O) groups excluding carboxylic acids is 1. The molecule has 4 nitrogen and oxygen atoms in total. The van der Waals surface area contributed by atoms with E-state index in [2.05, 4.69) is 16.7 Å². The van der Waals surface area contributed by atoms with Crippen molar-refractivity contribution in [2.75, 3.05) is 0 Å². The minimum absolute atomic E-state index is 0.478. The molecule has 0 unspecified atom stereocenters. The van der Waals surface area contributed by atoms with E-state index < -0.39 is 11.8 Å². The molecule has 0 spiro atoms. The van der Waals surface area contributed by atoms with E-state index in [-0.39, 0.29) is 0 Å². The van der Waals surface area contributed by atoms with Gasteiger partial charge in [-0.3, -0.25) is 4.89 Å². The number of rotatable bonds is 3. The third-order valence-electron chi connectivity index (χ3n) is 1.30. The molecule has 0 atom stereocenters. The first-order chi connectivity index (χ1) is 5.02. The van der Waals surface area contributed by atoms with Gasteiger partial charge >= 0.3 is 6.16 Å². The van der Waals surface area contributed by atoms with Gasteiger partial charge in [0.25, 0.3) is 0 Å². The Hall–Kier alpha value is -0.770.